The van der Waals surface area contributed by atoms with Crippen LogP contribution in [0.3, 0.4) is 0 Å². The lowest BCUT2D eigenvalue weighted by molar-refractivity contribution is 0.243. The molecule has 2 heteroatoms. The molecule has 0 aliphatic heterocycles. The standard InChI is InChI=1S/C7H12Br2/c8-4-7(5-9)6-2-1-3-6/h6-7H,1-5H2. The van der Waals surface area contributed by atoms with Crippen molar-refractivity contribution >= 4 is 31.9 Å². The van der Waals surface area contributed by atoms with Crippen LogP contribution in [0.5, 0.6) is 0 Å². The lowest BCUT2D eigenvalue weighted by Gasteiger charge is -2.31. The zero-order chi connectivity index (χ0) is 6.69. The Kier molecular flexibility index (Phi) is 3.55. The Balaban J connectivity index is 2.19. The Hall–Kier alpha value is 0.960. The zero-order valence-corrected chi connectivity index (χ0v) is 8.62. The summed E-state index contributed by atoms with van der Waals surface area (Å²) in [4.78, 5) is 0. The van der Waals surface area contributed by atoms with E-state index in [1.807, 2.05) is 0 Å². The molecule has 1 fully saturated rings. The predicted molar refractivity (Wildman–Crippen MR) is 48.4 cm³/mol. The summed E-state index contributed by atoms with van der Waals surface area (Å²) in [7, 11) is 0. The number of hydrogen-bond acceptors (Lipinski definition) is 0. The third-order valence-corrected chi connectivity index (χ3v) is 3.88. The maximum atomic E-state index is 3.52. The lowest BCUT2D eigenvalue weighted by atomic mass is 9.78. The quantitative estimate of drug-likeness (QED) is 0.680. The fourth-order valence-electron chi connectivity index (χ4n) is 1.20. The van der Waals surface area contributed by atoms with E-state index in [4.69, 9.17) is 0 Å². The smallest absolute Gasteiger partial charge is 0.00703 e. The van der Waals surface area contributed by atoms with Gasteiger partial charge in [-0.25, -0.2) is 0 Å². The summed E-state index contributed by atoms with van der Waals surface area (Å²) in [6.07, 6.45) is 4.38. The Labute approximate surface area is 73.7 Å². The van der Waals surface area contributed by atoms with Crippen LogP contribution in [0.4, 0.5) is 0 Å². The molecule has 1 aliphatic rings. The van der Waals surface area contributed by atoms with Crippen molar-refractivity contribution in [2.45, 2.75) is 19.3 Å². The van der Waals surface area contributed by atoms with Gasteiger partial charge in [0.05, 0.1) is 0 Å². The largest absolute Gasteiger partial charge is 0.0925 e. The molecule has 0 aromatic carbocycles. The van der Waals surface area contributed by atoms with Gasteiger partial charge in [-0.05, 0) is 11.8 Å². The minimum atomic E-state index is 0.888. The van der Waals surface area contributed by atoms with E-state index in [1.165, 1.54) is 29.9 Å². The van der Waals surface area contributed by atoms with E-state index in [0.29, 0.717) is 0 Å². The molecule has 1 rings (SSSR count). The molecule has 54 valence electrons. The molecule has 1 aliphatic carbocycles. The third kappa shape index (κ3) is 1.94. The van der Waals surface area contributed by atoms with Crippen molar-refractivity contribution in [1.82, 2.24) is 0 Å². The summed E-state index contributed by atoms with van der Waals surface area (Å²) in [5.41, 5.74) is 0. The number of halogens is 2. The number of hydrogen-bond donors (Lipinski definition) is 0. The molecule has 0 radical (unpaired) electrons. The molecule has 0 heterocycles. The molecule has 0 bridgehead atoms. The zero-order valence-electron chi connectivity index (χ0n) is 5.45. The van der Waals surface area contributed by atoms with Crippen LogP contribution in [0.1, 0.15) is 19.3 Å². The highest BCUT2D eigenvalue weighted by atomic mass is 79.9. The normalized spacial score (nSPS) is 20.3. The van der Waals surface area contributed by atoms with Gasteiger partial charge in [0.15, 0.2) is 0 Å². The van der Waals surface area contributed by atoms with Gasteiger partial charge in [0.1, 0.15) is 0 Å². The minimum Gasteiger partial charge on any atom is -0.0925 e. The molecular weight excluding hydrogens is 244 g/mol. The van der Waals surface area contributed by atoms with Crippen molar-refractivity contribution in [1.29, 1.82) is 0 Å². The van der Waals surface area contributed by atoms with Gasteiger partial charge in [-0.3, -0.25) is 0 Å². The van der Waals surface area contributed by atoms with E-state index < -0.39 is 0 Å². The van der Waals surface area contributed by atoms with Crippen molar-refractivity contribution in [3.05, 3.63) is 0 Å². The Morgan fingerprint density at radius 1 is 1.22 bits per heavy atom. The lowest BCUT2D eigenvalue weighted by Crippen LogP contribution is -2.24. The van der Waals surface area contributed by atoms with Gasteiger partial charge in [-0.1, -0.05) is 51.1 Å². The van der Waals surface area contributed by atoms with Crippen LogP contribution in [0, 0.1) is 11.8 Å². The summed E-state index contributed by atoms with van der Waals surface area (Å²) in [5, 5.41) is 2.34. The number of alkyl halides is 2. The SMILES string of the molecule is BrCC(CBr)C1CCC1. The first kappa shape index (κ1) is 8.06. The summed E-state index contributed by atoms with van der Waals surface area (Å²) in [5.74, 6) is 1.91. The van der Waals surface area contributed by atoms with E-state index in [0.717, 1.165) is 11.8 Å². The van der Waals surface area contributed by atoms with Crippen LogP contribution in [-0.4, -0.2) is 10.7 Å². The van der Waals surface area contributed by atoms with Crippen molar-refractivity contribution in [2.75, 3.05) is 10.7 Å². The molecule has 0 aromatic rings. The van der Waals surface area contributed by atoms with Gasteiger partial charge in [0.2, 0.25) is 0 Å². The van der Waals surface area contributed by atoms with Crippen LogP contribution in [0.15, 0.2) is 0 Å². The van der Waals surface area contributed by atoms with Gasteiger partial charge in [-0.2, -0.15) is 0 Å². The second-order valence-electron chi connectivity index (χ2n) is 2.76. The monoisotopic (exact) mass is 254 g/mol. The van der Waals surface area contributed by atoms with E-state index in [2.05, 4.69) is 31.9 Å². The van der Waals surface area contributed by atoms with E-state index in [-0.39, 0.29) is 0 Å². The highest BCUT2D eigenvalue weighted by Crippen LogP contribution is 2.34. The van der Waals surface area contributed by atoms with E-state index in [9.17, 15) is 0 Å². The molecular formula is C7H12Br2. The second-order valence-corrected chi connectivity index (χ2v) is 4.05. The summed E-state index contributed by atoms with van der Waals surface area (Å²) >= 11 is 7.04. The highest BCUT2D eigenvalue weighted by Gasteiger charge is 2.25. The molecule has 0 nitrogen and oxygen atoms in total. The minimum absolute atomic E-state index is 0.888. The molecule has 1 saturated carbocycles. The molecule has 0 atom stereocenters. The maximum Gasteiger partial charge on any atom is 0.00703 e. The first-order valence-electron chi connectivity index (χ1n) is 3.50. The van der Waals surface area contributed by atoms with E-state index >= 15 is 0 Å². The topological polar surface area (TPSA) is 0 Å². The summed E-state index contributed by atoms with van der Waals surface area (Å²) < 4.78 is 0. The third-order valence-electron chi connectivity index (χ3n) is 2.21. The average molecular weight is 256 g/mol. The van der Waals surface area contributed by atoms with Crippen LogP contribution in [0.25, 0.3) is 0 Å². The van der Waals surface area contributed by atoms with Crippen molar-refractivity contribution in [3.63, 3.8) is 0 Å². The van der Waals surface area contributed by atoms with Gasteiger partial charge in [-0.15, -0.1) is 0 Å². The summed E-state index contributed by atoms with van der Waals surface area (Å²) in [6.45, 7) is 0. The Morgan fingerprint density at radius 3 is 1.89 bits per heavy atom. The molecule has 0 aromatic heterocycles. The number of rotatable bonds is 3. The fourth-order valence-corrected chi connectivity index (χ4v) is 3.33. The predicted octanol–water partition coefficient (Wildman–Crippen LogP) is 3.19. The Morgan fingerprint density at radius 2 is 1.78 bits per heavy atom. The van der Waals surface area contributed by atoms with Crippen molar-refractivity contribution in [2.24, 2.45) is 11.8 Å². The van der Waals surface area contributed by atoms with Gasteiger partial charge in [0, 0.05) is 10.7 Å². The average Bonchev–Trinajstić information content (AvgIpc) is 1.78. The van der Waals surface area contributed by atoms with Crippen LogP contribution in [-0.2, 0) is 0 Å². The molecule has 0 amide bonds. The first-order valence-corrected chi connectivity index (χ1v) is 5.74. The van der Waals surface area contributed by atoms with Crippen molar-refractivity contribution in [3.8, 4) is 0 Å². The van der Waals surface area contributed by atoms with Gasteiger partial charge >= 0.3 is 0 Å². The van der Waals surface area contributed by atoms with Gasteiger partial charge in [0.25, 0.3) is 0 Å². The van der Waals surface area contributed by atoms with E-state index in [1.54, 1.807) is 0 Å². The molecule has 9 heavy (non-hydrogen) atoms. The molecule has 0 unspecified atom stereocenters. The van der Waals surface area contributed by atoms with Gasteiger partial charge < -0.3 is 0 Å². The molecule has 0 N–H and O–H groups in total. The fraction of sp³-hybridized carbons (Fsp3) is 1.00. The maximum absolute atomic E-state index is 3.52. The highest BCUT2D eigenvalue weighted by molar-refractivity contribution is 9.09. The molecule has 0 spiro atoms. The summed E-state index contributed by atoms with van der Waals surface area (Å²) in [6, 6.07) is 0. The molecule has 0 saturated heterocycles. The Bertz CT molecular complexity index is 75.0. The van der Waals surface area contributed by atoms with Crippen molar-refractivity contribution < 1.29 is 0 Å². The second kappa shape index (κ2) is 3.97. The van der Waals surface area contributed by atoms with Crippen LogP contribution >= 0.6 is 31.9 Å². The van der Waals surface area contributed by atoms with Crippen LogP contribution < -0.4 is 0 Å². The first-order chi connectivity index (χ1) is 4.38. The van der Waals surface area contributed by atoms with Crippen LogP contribution in [0.2, 0.25) is 0 Å².